The standard InChI is InChI=1S/C38H45N5O5S/c1-41-22-24-42(25-23-41)19-8-26-48-38(32-12-7-18-39-28-32)16-20-43(21-17-38)37(45)27-35(31-10-3-2-4-11-31)40-49(46,47)36-15-14-30-9-5-6-13-33(30)34(36)29-44/h2-7,9-15,18,28-29,35,40H,8,16-17,19-27H2,1H3. The van der Waals surface area contributed by atoms with Crippen LogP contribution in [0.1, 0.15) is 53.2 Å². The van der Waals surface area contributed by atoms with Crippen molar-refractivity contribution >= 4 is 33.0 Å². The number of likely N-dealkylation sites (tertiary alicyclic amines) is 1. The van der Waals surface area contributed by atoms with Crippen LogP contribution in [0.15, 0.2) is 96.2 Å². The van der Waals surface area contributed by atoms with Crippen LogP contribution in [0.5, 0.6) is 0 Å². The number of benzene rings is 3. The molecule has 2 aliphatic rings. The average molecular weight is 684 g/mol. The number of sulfonamides is 1. The fourth-order valence-corrected chi connectivity index (χ4v) is 8.41. The quantitative estimate of drug-likeness (QED) is 0.161. The van der Waals surface area contributed by atoms with Crippen molar-refractivity contribution in [2.75, 3.05) is 59.5 Å². The Kier molecular flexibility index (Phi) is 11.2. The van der Waals surface area contributed by atoms with E-state index >= 15 is 0 Å². The van der Waals surface area contributed by atoms with E-state index in [0.29, 0.717) is 49.8 Å². The van der Waals surface area contributed by atoms with E-state index in [0.717, 1.165) is 50.1 Å². The summed E-state index contributed by atoms with van der Waals surface area (Å²) in [4.78, 5) is 37.0. The van der Waals surface area contributed by atoms with Crippen molar-refractivity contribution in [3.8, 4) is 0 Å². The van der Waals surface area contributed by atoms with Crippen molar-refractivity contribution in [1.82, 2.24) is 24.4 Å². The number of hydrogen-bond acceptors (Lipinski definition) is 8. The van der Waals surface area contributed by atoms with E-state index in [1.165, 1.54) is 6.07 Å². The normalized spacial score (nSPS) is 17.9. The molecular weight excluding hydrogens is 639 g/mol. The van der Waals surface area contributed by atoms with Crippen LogP contribution in [0, 0.1) is 0 Å². The predicted octanol–water partition coefficient (Wildman–Crippen LogP) is 4.63. The summed E-state index contributed by atoms with van der Waals surface area (Å²) in [6, 6.07) is 22.5. The van der Waals surface area contributed by atoms with Crippen molar-refractivity contribution in [1.29, 1.82) is 0 Å². The van der Waals surface area contributed by atoms with Gasteiger partial charge in [0.05, 0.1) is 16.5 Å². The number of ether oxygens (including phenoxy) is 1. The zero-order valence-corrected chi connectivity index (χ0v) is 28.9. The van der Waals surface area contributed by atoms with Gasteiger partial charge in [0.15, 0.2) is 6.29 Å². The molecule has 4 aromatic rings. The molecule has 1 N–H and O–H groups in total. The first-order valence-corrected chi connectivity index (χ1v) is 18.5. The molecule has 0 radical (unpaired) electrons. The molecule has 0 spiro atoms. The van der Waals surface area contributed by atoms with Crippen LogP contribution >= 0.6 is 0 Å². The number of carbonyl (C=O) groups is 2. The van der Waals surface area contributed by atoms with Gasteiger partial charge in [0.2, 0.25) is 15.9 Å². The van der Waals surface area contributed by atoms with Crippen molar-refractivity contribution in [3.05, 3.63) is 108 Å². The molecule has 6 rings (SSSR count). The zero-order valence-electron chi connectivity index (χ0n) is 28.0. The summed E-state index contributed by atoms with van der Waals surface area (Å²) in [5.41, 5.74) is 1.22. The van der Waals surface area contributed by atoms with Gasteiger partial charge < -0.3 is 19.4 Å². The average Bonchev–Trinajstić information content (AvgIpc) is 3.14. The van der Waals surface area contributed by atoms with Crippen LogP contribution in [-0.4, -0.2) is 99.8 Å². The lowest BCUT2D eigenvalue weighted by Gasteiger charge is -2.42. The Morgan fingerprint density at radius 2 is 1.67 bits per heavy atom. The molecule has 0 aliphatic carbocycles. The lowest BCUT2D eigenvalue weighted by molar-refractivity contribution is -0.140. The van der Waals surface area contributed by atoms with Gasteiger partial charge >= 0.3 is 0 Å². The molecule has 258 valence electrons. The van der Waals surface area contributed by atoms with E-state index in [-0.39, 0.29) is 22.8 Å². The molecule has 1 aromatic heterocycles. The van der Waals surface area contributed by atoms with E-state index in [4.69, 9.17) is 4.74 Å². The molecule has 1 amide bonds. The van der Waals surface area contributed by atoms with E-state index in [9.17, 15) is 18.0 Å². The zero-order chi connectivity index (χ0) is 34.3. The highest BCUT2D eigenvalue weighted by Crippen LogP contribution is 2.37. The maximum atomic E-state index is 13.9. The Morgan fingerprint density at radius 3 is 2.39 bits per heavy atom. The Hall–Kier alpha value is -4.00. The van der Waals surface area contributed by atoms with Gasteiger partial charge in [-0.05, 0) is 54.8 Å². The van der Waals surface area contributed by atoms with Crippen LogP contribution in [-0.2, 0) is 25.2 Å². The predicted molar refractivity (Wildman–Crippen MR) is 190 cm³/mol. The largest absolute Gasteiger partial charge is 0.370 e. The van der Waals surface area contributed by atoms with E-state index in [2.05, 4.69) is 26.6 Å². The Labute approximate surface area is 289 Å². The van der Waals surface area contributed by atoms with Gasteiger partial charge in [-0.25, -0.2) is 13.1 Å². The summed E-state index contributed by atoms with van der Waals surface area (Å²) >= 11 is 0. The number of likely N-dealkylation sites (N-methyl/N-ethyl adjacent to an activating group) is 1. The van der Waals surface area contributed by atoms with Gasteiger partial charge in [-0.2, -0.15) is 0 Å². The Bertz CT molecular complexity index is 1820. The molecule has 2 fully saturated rings. The topological polar surface area (TPSA) is 112 Å². The summed E-state index contributed by atoms with van der Waals surface area (Å²) < 4.78 is 37.2. The Balaban J connectivity index is 1.14. The number of rotatable bonds is 13. The molecule has 0 bridgehead atoms. The van der Waals surface area contributed by atoms with Gasteiger partial charge in [-0.1, -0.05) is 66.7 Å². The minimum absolute atomic E-state index is 0.0704. The summed E-state index contributed by atoms with van der Waals surface area (Å²) in [7, 11) is -2.02. The molecule has 49 heavy (non-hydrogen) atoms. The molecular formula is C38H45N5O5S. The second kappa shape index (κ2) is 15.7. The molecule has 2 aliphatic heterocycles. The number of fused-ring (bicyclic) bond motifs is 1. The highest BCUT2D eigenvalue weighted by atomic mass is 32.2. The monoisotopic (exact) mass is 683 g/mol. The number of aldehydes is 1. The molecule has 3 heterocycles. The molecule has 0 saturated carbocycles. The number of aromatic nitrogens is 1. The summed E-state index contributed by atoms with van der Waals surface area (Å²) in [5.74, 6) is -0.152. The summed E-state index contributed by atoms with van der Waals surface area (Å²) in [5, 5.41) is 1.32. The van der Waals surface area contributed by atoms with Gasteiger partial charge in [-0.3, -0.25) is 14.6 Å². The third-order valence-corrected chi connectivity index (χ3v) is 11.5. The van der Waals surface area contributed by atoms with Crippen molar-refractivity contribution in [2.45, 2.75) is 42.2 Å². The third-order valence-electron chi connectivity index (χ3n) is 9.92. The van der Waals surface area contributed by atoms with Gasteiger partial charge in [0, 0.05) is 82.4 Å². The molecule has 1 atom stereocenters. The number of amides is 1. The smallest absolute Gasteiger partial charge is 0.241 e. The van der Waals surface area contributed by atoms with Crippen LogP contribution in [0.3, 0.4) is 0 Å². The minimum atomic E-state index is -4.18. The first-order valence-electron chi connectivity index (χ1n) is 17.1. The van der Waals surface area contributed by atoms with Crippen LogP contribution in [0.4, 0.5) is 0 Å². The fourth-order valence-electron chi connectivity index (χ4n) is 6.99. The second-order valence-electron chi connectivity index (χ2n) is 13.1. The lowest BCUT2D eigenvalue weighted by atomic mass is 9.84. The lowest BCUT2D eigenvalue weighted by Crippen LogP contribution is -2.48. The van der Waals surface area contributed by atoms with E-state index in [1.807, 2.05) is 48.7 Å². The number of nitrogens with one attached hydrogen (secondary N) is 1. The number of piperidine rings is 1. The molecule has 2 saturated heterocycles. The third kappa shape index (κ3) is 8.25. The van der Waals surface area contributed by atoms with E-state index < -0.39 is 21.7 Å². The van der Waals surface area contributed by atoms with Crippen molar-refractivity contribution in [2.24, 2.45) is 0 Å². The van der Waals surface area contributed by atoms with Crippen molar-refractivity contribution in [3.63, 3.8) is 0 Å². The maximum absolute atomic E-state index is 13.9. The molecule has 1 unspecified atom stereocenters. The first-order chi connectivity index (χ1) is 23.8. The highest BCUT2D eigenvalue weighted by Gasteiger charge is 2.39. The first kappa shape index (κ1) is 34.8. The summed E-state index contributed by atoms with van der Waals surface area (Å²) in [6.07, 6.45) is 6.27. The Morgan fingerprint density at radius 1 is 0.939 bits per heavy atom. The van der Waals surface area contributed by atoms with Gasteiger partial charge in [-0.15, -0.1) is 0 Å². The minimum Gasteiger partial charge on any atom is -0.370 e. The SMILES string of the molecule is CN1CCN(CCCOC2(c3cccnc3)CCN(C(=O)CC(NS(=O)(=O)c3ccc4ccccc4c3C=O)c3ccccc3)CC2)CC1. The van der Waals surface area contributed by atoms with Crippen LogP contribution in [0.25, 0.3) is 10.8 Å². The summed E-state index contributed by atoms with van der Waals surface area (Å²) in [6.45, 7) is 6.86. The number of piperazine rings is 1. The van der Waals surface area contributed by atoms with Gasteiger partial charge in [0.25, 0.3) is 0 Å². The second-order valence-corrected chi connectivity index (χ2v) is 14.8. The van der Waals surface area contributed by atoms with Crippen LogP contribution < -0.4 is 4.72 Å². The maximum Gasteiger partial charge on any atom is 0.241 e. The van der Waals surface area contributed by atoms with Crippen LogP contribution in [0.2, 0.25) is 0 Å². The number of pyridine rings is 1. The fraction of sp³-hybridized carbons (Fsp3) is 0.395. The number of carbonyl (C=O) groups excluding carboxylic acids is 2. The molecule has 3 aromatic carbocycles. The molecule has 10 nitrogen and oxygen atoms in total. The molecule has 11 heteroatoms. The van der Waals surface area contributed by atoms with E-state index in [1.54, 1.807) is 41.4 Å². The number of nitrogens with zero attached hydrogens (tertiary/aromatic N) is 4. The highest BCUT2D eigenvalue weighted by molar-refractivity contribution is 7.89. The number of hydrogen-bond donors (Lipinski definition) is 1. The van der Waals surface area contributed by atoms with Crippen molar-refractivity contribution < 1.29 is 22.7 Å². The van der Waals surface area contributed by atoms with Gasteiger partial charge in [0.1, 0.15) is 0 Å².